The highest BCUT2D eigenvalue weighted by molar-refractivity contribution is 7.89. The molecule has 1 amide bonds. The molecule has 0 radical (unpaired) electrons. The Bertz CT molecular complexity index is 590. The fraction of sp³-hybridized carbons (Fsp3) is 0.500. The van der Waals surface area contributed by atoms with Crippen molar-refractivity contribution >= 4 is 21.6 Å². The first-order valence-corrected chi connectivity index (χ1v) is 8.27. The number of nitrogens with zero attached hydrogens (tertiary/aromatic N) is 2. The van der Waals surface area contributed by atoms with Crippen LogP contribution in [-0.4, -0.2) is 50.2 Å². The number of amides is 1. The Morgan fingerprint density at radius 1 is 1.19 bits per heavy atom. The molecule has 0 bridgehead atoms. The Labute approximate surface area is 126 Å². The van der Waals surface area contributed by atoms with E-state index in [1.807, 2.05) is 13.8 Å². The topological polar surface area (TPSA) is 83.7 Å². The van der Waals surface area contributed by atoms with Gasteiger partial charge >= 0.3 is 0 Å². The van der Waals surface area contributed by atoms with Gasteiger partial charge in [-0.1, -0.05) is 0 Å². The van der Waals surface area contributed by atoms with Gasteiger partial charge in [-0.15, -0.1) is 0 Å². The zero-order chi connectivity index (χ0) is 16.2. The molecule has 0 heterocycles. The van der Waals surface area contributed by atoms with Gasteiger partial charge in [0.05, 0.1) is 11.4 Å². The van der Waals surface area contributed by atoms with E-state index in [1.54, 1.807) is 24.0 Å². The van der Waals surface area contributed by atoms with E-state index in [-0.39, 0.29) is 17.3 Å². The minimum atomic E-state index is -3.72. The smallest absolute Gasteiger partial charge is 0.243 e. The second kappa shape index (κ2) is 6.91. The summed E-state index contributed by atoms with van der Waals surface area (Å²) in [4.78, 5) is 13.7. The van der Waals surface area contributed by atoms with Crippen LogP contribution in [0.1, 0.15) is 19.4 Å². The molecular weight excluding hydrogens is 290 g/mol. The standard InChI is InChI=1S/C14H23N3O3S/c1-5-17(6-2)14(18)10-16(4)21(19,20)13-8-11(3)7-12(15)9-13/h7-9H,5-6,10,15H2,1-4H3. The number of benzene rings is 1. The highest BCUT2D eigenvalue weighted by atomic mass is 32.2. The second-order valence-electron chi connectivity index (χ2n) is 4.91. The van der Waals surface area contributed by atoms with Crippen molar-refractivity contribution in [1.29, 1.82) is 0 Å². The van der Waals surface area contributed by atoms with Crippen molar-refractivity contribution in [3.05, 3.63) is 23.8 Å². The Morgan fingerprint density at radius 2 is 1.76 bits per heavy atom. The molecule has 1 rings (SSSR count). The van der Waals surface area contributed by atoms with Gasteiger partial charge in [-0.3, -0.25) is 4.79 Å². The SMILES string of the molecule is CCN(CC)C(=O)CN(C)S(=O)(=O)c1cc(C)cc(N)c1. The molecule has 0 saturated carbocycles. The largest absolute Gasteiger partial charge is 0.399 e. The summed E-state index contributed by atoms with van der Waals surface area (Å²) in [7, 11) is -2.33. The van der Waals surface area contributed by atoms with Crippen molar-refractivity contribution in [2.24, 2.45) is 0 Å². The maximum atomic E-state index is 12.5. The number of anilines is 1. The van der Waals surface area contributed by atoms with Gasteiger partial charge in [-0.2, -0.15) is 4.31 Å². The van der Waals surface area contributed by atoms with Crippen molar-refractivity contribution < 1.29 is 13.2 Å². The average molecular weight is 313 g/mol. The first-order valence-electron chi connectivity index (χ1n) is 6.83. The number of sulfonamides is 1. The predicted octanol–water partition coefficient (Wildman–Crippen LogP) is 1.07. The van der Waals surface area contributed by atoms with Gasteiger partial charge in [-0.25, -0.2) is 8.42 Å². The van der Waals surface area contributed by atoms with Crippen LogP contribution in [0.2, 0.25) is 0 Å². The first kappa shape index (κ1) is 17.5. The van der Waals surface area contributed by atoms with Crippen LogP contribution in [0.3, 0.4) is 0 Å². The molecule has 2 N–H and O–H groups in total. The zero-order valence-electron chi connectivity index (χ0n) is 13.0. The highest BCUT2D eigenvalue weighted by Crippen LogP contribution is 2.19. The quantitative estimate of drug-likeness (QED) is 0.796. The fourth-order valence-corrected chi connectivity index (χ4v) is 3.32. The summed E-state index contributed by atoms with van der Waals surface area (Å²) in [5.74, 6) is -0.216. The maximum Gasteiger partial charge on any atom is 0.243 e. The molecule has 7 heteroatoms. The maximum absolute atomic E-state index is 12.5. The van der Waals surface area contributed by atoms with Crippen LogP contribution < -0.4 is 5.73 Å². The van der Waals surface area contributed by atoms with Crippen molar-refractivity contribution in [1.82, 2.24) is 9.21 Å². The summed E-state index contributed by atoms with van der Waals surface area (Å²) in [5, 5.41) is 0. The Kier molecular flexibility index (Phi) is 5.74. The first-order chi connectivity index (χ1) is 9.72. The number of rotatable bonds is 6. The lowest BCUT2D eigenvalue weighted by atomic mass is 10.2. The Balaban J connectivity index is 2.99. The van der Waals surface area contributed by atoms with Crippen LogP contribution in [0.15, 0.2) is 23.1 Å². The van der Waals surface area contributed by atoms with E-state index < -0.39 is 10.0 Å². The third-order valence-corrected chi connectivity index (χ3v) is 5.04. The number of aryl methyl sites for hydroxylation is 1. The van der Waals surface area contributed by atoms with Gasteiger partial charge in [0.2, 0.25) is 15.9 Å². The molecule has 118 valence electrons. The monoisotopic (exact) mass is 313 g/mol. The normalized spacial score (nSPS) is 11.7. The van der Waals surface area contributed by atoms with Crippen LogP contribution in [-0.2, 0) is 14.8 Å². The van der Waals surface area contributed by atoms with Crippen LogP contribution in [0, 0.1) is 6.92 Å². The molecule has 0 unspecified atom stereocenters. The number of carbonyl (C=O) groups is 1. The van der Waals surface area contributed by atoms with Gasteiger partial charge in [0.25, 0.3) is 0 Å². The van der Waals surface area contributed by atoms with Gasteiger partial charge in [-0.05, 0) is 44.5 Å². The van der Waals surface area contributed by atoms with E-state index in [0.29, 0.717) is 18.8 Å². The predicted molar refractivity (Wildman–Crippen MR) is 83.3 cm³/mol. The zero-order valence-corrected chi connectivity index (χ0v) is 13.8. The molecule has 0 spiro atoms. The number of nitrogen functional groups attached to an aromatic ring is 1. The van der Waals surface area contributed by atoms with E-state index in [4.69, 9.17) is 5.73 Å². The minimum absolute atomic E-state index is 0.106. The van der Waals surface area contributed by atoms with Gasteiger partial charge in [0, 0.05) is 25.8 Å². The Hall–Kier alpha value is -1.60. The molecule has 0 aliphatic rings. The van der Waals surface area contributed by atoms with Crippen molar-refractivity contribution in [3.8, 4) is 0 Å². The van der Waals surface area contributed by atoms with E-state index >= 15 is 0 Å². The van der Waals surface area contributed by atoms with Crippen LogP contribution in [0.4, 0.5) is 5.69 Å². The minimum Gasteiger partial charge on any atom is -0.399 e. The summed E-state index contributed by atoms with van der Waals surface area (Å²) >= 11 is 0. The van der Waals surface area contributed by atoms with Gasteiger partial charge in [0.1, 0.15) is 0 Å². The number of carbonyl (C=O) groups excluding carboxylic acids is 1. The summed E-state index contributed by atoms with van der Waals surface area (Å²) < 4.78 is 26.0. The van der Waals surface area contributed by atoms with Crippen LogP contribution in [0.5, 0.6) is 0 Å². The molecule has 0 aromatic heterocycles. The molecule has 0 saturated heterocycles. The summed E-state index contributed by atoms with van der Waals surface area (Å²) in [6.45, 7) is 6.42. The molecule has 0 aliphatic heterocycles. The van der Waals surface area contributed by atoms with E-state index in [0.717, 1.165) is 9.87 Å². The van der Waals surface area contributed by atoms with E-state index in [2.05, 4.69) is 0 Å². The number of hydrogen-bond donors (Lipinski definition) is 1. The fourth-order valence-electron chi connectivity index (χ4n) is 2.06. The molecule has 21 heavy (non-hydrogen) atoms. The molecule has 0 aliphatic carbocycles. The molecule has 6 nitrogen and oxygen atoms in total. The van der Waals surface area contributed by atoms with Crippen molar-refractivity contribution in [2.75, 3.05) is 32.4 Å². The summed E-state index contributed by atoms with van der Waals surface area (Å²) in [6, 6.07) is 4.64. The number of hydrogen-bond acceptors (Lipinski definition) is 4. The van der Waals surface area contributed by atoms with E-state index in [1.165, 1.54) is 13.1 Å². The average Bonchev–Trinajstić information content (AvgIpc) is 2.38. The third kappa shape index (κ3) is 4.18. The lowest BCUT2D eigenvalue weighted by molar-refractivity contribution is -0.130. The van der Waals surface area contributed by atoms with Crippen molar-refractivity contribution in [3.63, 3.8) is 0 Å². The van der Waals surface area contributed by atoms with E-state index in [9.17, 15) is 13.2 Å². The third-order valence-electron chi connectivity index (χ3n) is 3.26. The van der Waals surface area contributed by atoms with Crippen LogP contribution >= 0.6 is 0 Å². The van der Waals surface area contributed by atoms with Crippen LogP contribution in [0.25, 0.3) is 0 Å². The summed E-state index contributed by atoms with van der Waals surface area (Å²) in [6.07, 6.45) is 0. The molecule has 1 aromatic carbocycles. The van der Waals surface area contributed by atoms with Gasteiger partial charge in [0.15, 0.2) is 0 Å². The summed E-state index contributed by atoms with van der Waals surface area (Å²) in [5.41, 5.74) is 6.84. The molecule has 0 fully saturated rings. The molecular formula is C14H23N3O3S. The Morgan fingerprint density at radius 3 is 2.24 bits per heavy atom. The molecule has 0 atom stereocenters. The lowest BCUT2D eigenvalue weighted by Gasteiger charge is -2.23. The number of nitrogens with two attached hydrogens (primary N) is 1. The lowest BCUT2D eigenvalue weighted by Crippen LogP contribution is -2.41. The second-order valence-corrected chi connectivity index (χ2v) is 6.95. The highest BCUT2D eigenvalue weighted by Gasteiger charge is 2.24. The number of likely N-dealkylation sites (N-methyl/N-ethyl adjacent to an activating group) is 2. The van der Waals surface area contributed by atoms with Gasteiger partial charge < -0.3 is 10.6 Å². The molecule has 1 aromatic rings. The van der Waals surface area contributed by atoms with Crippen molar-refractivity contribution in [2.45, 2.75) is 25.7 Å².